The van der Waals surface area contributed by atoms with Crippen molar-refractivity contribution in [1.82, 2.24) is 14.4 Å². The van der Waals surface area contributed by atoms with Crippen LogP contribution in [0.4, 0.5) is 17.6 Å². The second kappa shape index (κ2) is 20.6. The SMILES string of the molecule is CCN(CC)CCN(Cc1ccc(-c2ccc(F)c(F)c2)cc1)C(=O)Cn1c(SCc2cccc(F)c2F)cc(=O)c2ccccc21.O=C(O)C(O)C(O)C(=O)O. The van der Waals surface area contributed by atoms with Gasteiger partial charge in [0.15, 0.2) is 40.9 Å². The molecule has 0 bridgehead atoms. The van der Waals surface area contributed by atoms with Gasteiger partial charge in [0.1, 0.15) is 6.54 Å². The van der Waals surface area contributed by atoms with E-state index in [1.807, 2.05) is 24.3 Å². The predicted molar refractivity (Wildman–Crippen MR) is 206 cm³/mol. The molecule has 0 spiro atoms. The Hall–Kier alpha value is -5.55. The van der Waals surface area contributed by atoms with Crippen LogP contribution in [0, 0.1) is 23.3 Å². The molecule has 0 radical (unpaired) electrons. The van der Waals surface area contributed by atoms with Crippen LogP contribution in [0.2, 0.25) is 0 Å². The first kappa shape index (κ1) is 44.2. The van der Waals surface area contributed by atoms with Gasteiger partial charge in [0.2, 0.25) is 5.91 Å². The molecule has 0 saturated carbocycles. The van der Waals surface area contributed by atoms with E-state index in [9.17, 15) is 36.7 Å². The molecule has 4 aromatic carbocycles. The number of carbonyl (C=O) groups excluding carboxylic acids is 1. The van der Waals surface area contributed by atoms with Gasteiger partial charge in [0.05, 0.1) is 10.5 Å². The summed E-state index contributed by atoms with van der Waals surface area (Å²) in [6.45, 7) is 7.07. The minimum atomic E-state index is -2.27. The lowest BCUT2D eigenvalue weighted by molar-refractivity contribution is -0.165. The molecule has 0 aliphatic heterocycles. The van der Waals surface area contributed by atoms with Gasteiger partial charge < -0.3 is 34.8 Å². The van der Waals surface area contributed by atoms with Crippen molar-refractivity contribution in [2.45, 2.75) is 49.9 Å². The maximum Gasteiger partial charge on any atom is 0.335 e. The Morgan fingerprint density at radius 3 is 1.98 bits per heavy atom. The first-order chi connectivity index (χ1) is 27.1. The summed E-state index contributed by atoms with van der Waals surface area (Å²) in [5.74, 6) is -7.38. The van der Waals surface area contributed by atoms with E-state index in [0.717, 1.165) is 48.6 Å². The van der Waals surface area contributed by atoms with Gasteiger partial charge in [-0.2, -0.15) is 0 Å². The largest absolute Gasteiger partial charge is 0.479 e. The summed E-state index contributed by atoms with van der Waals surface area (Å²) < 4.78 is 57.4. The van der Waals surface area contributed by atoms with Gasteiger partial charge >= 0.3 is 11.9 Å². The Balaban J connectivity index is 0.000000635. The Morgan fingerprint density at radius 1 is 0.737 bits per heavy atom. The Labute approximate surface area is 329 Å². The maximum absolute atomic E-state index is 14.5. The van der Waals surface area contributed by atoms with Gasteiger partial charge in [-0.25, -0.2) is 27.2 Å². The summed E-state index contributed by atoms with van der Waals surface area (Å²) in [6.07, 6.45) is -4.53. The molecule has 302 valence electrons. The minimum Gasteiger partial charge on any atom is -0.479 e. The van der Waals surface area contributed by atoms with E-state index in [-0.39, 0.29) is 29.2 Å². The van der Waals surface area contributed by atoms with Crippen LogP contribution < -0.4 is 5.43 Å². The fourth-order valence-corrected chi connectivity index (χ4v) is 6.73. The standard InChI is InChI=1S/C37H35F4N3O2S.C4H6O6/c1-3-42(4-2)18-19-43(22-25-12-14-26(15-13-25)27-16-17-30(38)32(40)20-27)35(46)23-44-33-11-6-5-9-29(33)34(45)21-36(44)47-24-28-8-7-10-31(39)37(28)41;5-1(3(7)8)2(6)4(9)10/h5-17,20-21H,3-4,18-19,22-24H2,1-2H3;1-2,5-6H,(H,7,8)(H,9,10). The van der Waals surface area contributed by atoms with Gasteiger partial charge in [0, 0.05) is 42.4 Å². The number of carboxylic acids is 2. The third-order valence-corrected chi connectivity index (χ3v) is 10.1. The lowest BCUT2D eigenvalue weighted by Gasteiger charge is -2.28. The molecule has 0 aliphatic carbocycles. The number of halogens is 4. The molecule has 1 amide bonds. The minimum absolute atomic E-state index is 0.0611. The van der Waals surface area contributed by atoms with Gasteiger partial charge in [0.25, 0.3) is 0 Å². The number of carbonyl (C=O) groups is 3. The molecule has 0 saturated heterocycles. The number of aliphatic hydroxyl groups excluding tert-OH is 2. The molecule has 2 atom stereocenters. The number of likely N-dealkylation sites (N-methyl/N-ethyl adjacent to an activating group) is 1. The maximum atomic E-state index is 14.5. The van der Waals surface area contributed by atoms with Crippen LogP contribution in [0.25, 0.3) is 22.0 Å². The lowest BCUT2D eigenvalue weighted by atomic mass is 10.0. The number of carboxylic acid groups (broad SMARTS) is 2. The number of pyridine rings is 1. The lowest BCUT2D eigenvalue weighted by Crippen LogP contribution is -2.40. The summed E-state index contributed by atoms with van der Waals surface area (Å²) in [6, 6.07) is 23.5. The number of aliphatic hydroxyl groups is 2. The molecular formula is C41H41F4N3O8S. The number of fused-ring (bicyclic) bond motifs is 1. The van der Waals surface area contributed by atoms with Gasteiger partial charge in [-0.05, 0) is 60.1 Å². The van der Waals surface area contributed by atoms with Gasteiger partial charge in [-0.3, -0.25) is 9.59 Å². The third-order valence-electron chi connectivity index (χ3n) is 9.00. The van der Waals surface area contributed by atoms with Gasteiger partial charge in [-0.15, -0.1) is 11.8 Å². The van der Waals surface area contributed by atoms with Crippen molar-refractivity contribution >= 4 is 40.5 Å². The fraction of sp³-hybridized carbons (Fsp3) is 0.268. The van der Waals surface area contributed by atoms with Crippen LogP contribution >= 0.6 is 11.8 Å². The molecule has 2 unspecified atom stereocenters. The van der Waals surface area contributed by atoms with Crippen molar-refractivity contribution in [3.05, 3.63) is 136 Å². The van der Waals surface area contributed by atoms with Crippen LogP contribution in [0.3, 0.4) is 0 Å². The zero-order valence-electron chi connectivity index (χ0n) is 30.9. The van der Waals surface area contributed by atoms with Crippen LogP contribution in [0.15, 0.2) is 101 Å². The number of aliphatic carboxylic acids is 2. The number of rotatable bonds is 16. The monoisotopic (exact) mass is 811 g/mol. The number of benzene rings is 4. The number of hydrogen-bond acceptors (Lipinski definition) is 8. The van der Waals surface area contributed by atoms with Crippen molar-refractivity contribution in [3.8, 4) is 11.1 Å². The molecule has 1 aromatic heterocycles. The quantitative estimate of drug-likeness (QED) is 0.0713. The molecule has 11 nitrogen and oxygen atoms in total. The van der Waals surface area contributed by atoms with Crippen molar-refractivity contribution in [2.75, 3.05) is 26.2 Å². The number of para-hydroxylation sites is 1. The van der Waals surface area contributed by atoms with E-state index in [1.165, 1.54) is 24.3 Å². The fourth-order valence-electron chi connectivity index (χ4n) is 5.70. The van der Waals surface area contributed by atoms with Crippen LogP contribution in [0.5, 0.6) is 0 Å². The van der Waals surface area contributed by atoms with E-state index in [2.05, 4.69) is 18.7 Å². The van der Waals surface area contributed by atoms with E-state index in [0.29, 0.717) is 46.7 Å². The van der Waals surface area contributed by atoms with Crippen LogP contribution in [-0.4, -0.2) is 91.0 Å². The van der Waals surface area contributed by atoms with Crippen molar-refractivity contribution < 1.29 is 52.4 Å². The first-order valence-electron chi connectivity index (χ1n) is 17.7. The highest BCUT2D eigenvalue weighted by molar-refractivity contribution is 7.98. The number of hydrogen-bond donors (Lipinski definition) is 4. The van der Waals surface area contributed by atoms with Gasteiger partial charge in [-0.1, -0.05) is 68.4 Å². The highest BCUT2D eigenvalue weighted by Gasteiger charge is 2.29. The molecule has 0 fully saturated rings. The summed E-state index contributed by atoms with van der Waals surface area (Å²) in [7, 11) is 0. The summed E-state index contributed by atoms with van der Waals surface area (Å²) >= 11 is 1.16. The average Bonchev–Trinajstić information content (AvgIpc) is 3.20. The number of aromatic nitrogens is 1. The normalized spacial score (nSPS) is 12.2. The topological polar surface area (TPSA) is 161 Å². The van der Waals surface area contributed by atoms with E-state index in [4.69, 9.17) is 20.4 Å². The molecule has 16 heteroatoms. The van der Waals surface area contributed by atoms with E-state index in [1.54, 1.807) is 33.7 Å². The molecular weight excluding hydrogens is 771 g/mol. The van der Waals surface area contributed by atoms with Crippen molar-refractivity contribution in [1.29, 1.82) is 0 Å². The second-order valence-electron chi connectivity index (χ2n) is 12.7. The Bertz CT molecular complexity index is 2230. The summed E-state index contributed by atoms with van der Waals surface area (Å²) in [4.78, 5) is 50.7. The number of amides is 1. The van der Waals surface area contributed by atoms with Crippen LogP contribution in [-0.2, 0) is 33.2 Å². The summed E-state index contributed by atoms with van der Waals surface area (Å²) in [5, 5.41) is 33.4. The van der Waals surface area contributed by atoms with E-state index < -0.39 is 47.4 Å². The molecule has 57 heavy (non-hydrogen) atoms. The second-order valence-corrected chi connectivity index (χ2v) is 13.7. The third kappa shape index (κ3) is 11.7. The summed E-state index contributed by atoms with van der Waals surface area (Å²) in [5.41, 5.74) is 2.59. The van der Waals surface area contributed by atoms with Crippen molar-refractivity contribution in [3.63, 3.8) is 0 Å². The Kier molecular flexibility index (Phi) is 15.9. The van der Waals surface area contributed by atoms with Crippen molar-refractivity contribution in [2.24, 2.45) is 0 Å². The van der Waals surface area contributed by atoms with E-state index >= 15 is 0 Å². The zero-order chi connectivity index (χ0) is 41.8. The Morgan fingerprint density at radius 2 is 1.37 bits per heavy atom. The number of nitrogens with zero attached hydrogens (tertiary/aromatic N) is 3. The predicted octanol–water partition coefficient (Wildman–Crippen LogP) is 5.77. The molecule has 4 N–H and O–H groups in total. The molecule has 5 rings (SSSR count). The first-order valence-corrected chi connectivity index (χ1v) is 18.7. The number of thioether (sulfide) groups is 1. The molecule has 5 aromatic rings. The highest BCUT2D eigenvalue weighted by Crippen LogP contribution is 2.28. The smallest absolute Gasteiger partial charge is 0.335 e. The molecule has 0 aliphatic rings. The van der Waals surface area contributed by atoms with Crippen LogP contribution in [0.1, 0.15) is 25.0 Å². The highest BCUT2D eigenvalue weighted by atomic mass is 32.2. The average molecular weight is 812 g/mol. The molecule has 1 heterocycles. The zero-order valence-corrected chi connectivity index (χ0v) is 31.8.